The number of aliphatic hydroxyl groups is 1. The smallest absolute Gasteiger partial charge is 0.254 e. The zero-order valence-electron chi connectivity index (χ0n) is 21.8. The maximum atomic E-state index is 13.4. The fourth-order valence-corrected chi connectivity index (χ4v) is 6.85. The molecule has 2 atom stereocenters. The highest BCUT2D eigenvalue weighted by molar-refractivity contribution is 7.89. The topological polar surface area (TPSA) is 116 Å². The Bertz CT molecular complexity index is 1240. The van der Waals surface area contributed by atoms with Gasteiger partial charge in [-0.15, -0.1) is 0 Å². The number of halogens is 1. The Morgan fingerprint density at radius 3 is 2.24 bits per heavy atom. The summed E-state index contributed by atoms with van der Waals surface area (Å²) in [5.74, 6) is -0.400. The fraction of sp³-hybridized carbons (Fsp3) is 0.500. The summed E-state index contributed by atoms with van der Waals surface area (Å²) in [6, 6.07) is 10.4. The van der Waals surface area contributed by atoms with Crippen molar-refractivity contribution < 1.29 is 27.5 Å². The predicted molar refractivity (Wildman–Crippen MR) is 142 cm³/mol. The third kappa shape index (κ3) is 6.59. The molecule has 2 aliphatic rings. The molecule has 10 heteroatoms. The van der Waals surface area contributed by atoms with Crippen molar-refractivity contribution in [3.63, 3.8) is 0 Å². The molecule has 1 saturated carbocycles. The van der Waals surface area contributed by atoms with Gasteiger partial charge in [0.2, 0.25) is 15.9 Å². The molecule has 0 unspecified atom stereocenters. The summed E-state index contributed by atoms with van der Waals surface area (Å²) < 4.78 is 41.1. The van der Waals surface area contributed by atoms with E-state index < -0.39 is 27.4 Å². The number of anilines is 1. The number of carbonyl (C=O) groups excluding carboxylic acids is 2. The molecule has 1 saturated heterocycles. The molecule has 1 aliphatic heterocycles. The van der Waals surface area contributed by atoms with Crippen LogP contribution in [0.4, 0.5) is 10.1 Å². The van der Waals surface area contributed by atoms with E-state index in [9.17, 15) is 27.5 Å². The van der Waals surface area contributed by atoms with E-state index in [4.69, 9.17) is 0 Å². The number of benzene rings is 2. The molecule has 2 aromatic rings. The highest BCUT2D eigenvalue weighted by Crippen LogP contribution is 2.38. The summed E-state index contributed by atoms with van der Waals surface area (Å²) >= 11 is 0. The minimum Gasteiger partial charge on any atom is -0.394 e. The summed E-state index contributed by atoms with van der Waals surface area (Å²) in [4.78, 5) is 28.4. The van der Waals surface area contributed by atoms with Crippen molar-refractivity contribution in [2.75, 3.05) is 18.5 Å². The Balaban J connectivity index is 1.50. The summed E-state index contributed by atoms with van der Waals surface area (Å²) in [7, 11) is -3.87. The summed E-state index contributed by atoms with van der Waals surface area (Å²) in [6.07, 6.45) is 6.26. The molecule has 206 valence electrons. The van der Waals surface area contributed by atoms with Crippen LogP contribution in [0.25, 0.3) is 0 Å². The number of amides is 2. The third-order valence-electron chi connectivity index (χ3n) is 7.54. The van der Waals surface area contributed by atoms with Crippen LogP contribution in [-0.2, 0) is 14.8 Å². The van der Waals surface area contributed by atoms with Gasteiger partial charge in [0.05, 0.1) is 17.0 Å². The minimum atomic E-state index is -3.87. The SMILES string of the molecule is CC(C)(CO)NS(=O)(=O)c1ccc(NC(=O)[C@@H]2C[C@@H](C3CCCCC3)CN2C(=O)c2ccc(F)cc2)cc1. The number of nitrogens with one attached hydrogen (secondary N) is 2. The van der Waals surface area contributed by atoms with Crippen LogP contribution in [0.3, 0.4) is 0 Å². The van der Waals surface area contributed by atoms with Crippen molar-refractivity contribution in [1.29, 1.82) is 0 Å². The van der Waals surface area contributed by atoms with E-state index in [1.54, 1.807) is 18.7 Å². The van der Waals surface area contributed by atoms with E-state index in [1.165, 1.54) is 55.0 Å². The monoisotopic (exact) mass is 545 g/mol. The van der Waals surface area contributed by atoms with Crippen LogP contribution < -0.4 is 10.0 Å². The zero-order valence-corrected chi connectivity index (χ0v) is 22.6. The lowest BCUT2D eigenvalue weighted by atomic mass is 9.79. The first-order chi connectivity index (χ1) is 18.0. The Kier molecular flexibility index (Phi) is 8.54. The predicted octanol–water partition coefficient (Wildman–Crippen LogP) is 3.92. The number of sulfonamides is 1. The van der Waals surface area contributed by atoms with E-state index in [0.717, 1.165) is 25.7 Å². The molecule has 2 fully saturated rings. The molecule has 1 heterocycles. The van der Waals surface area contributed by atoms with Gasteiger partial charge in [-0.25, -0.2) is 17.5 Å². The molecule has 0 radical (unpaired) electrons. The number of carbonyl (C=O) groups is 2. The summed E-state index contributed by atoms with van der Waals surface area (Å²) in [6.45, 7) is 3.25. The van der Waals surface area contributed by atoms with Gasteiger partial charge in [-0.1, -0.05) is 32.1 Å². The van der Waals surface area contributed by atoms with E-state index in [1.807, 2.05) is 0 Å². The molecule has 8 nitrogen and oxygen atoms in total. The number of nitrogens with zero attached hydrogens (tertiary/aromatic N) is 1. The van der Waals surface area contributed by atoms with Gasteiger partial charge in [0.25, 0.3) is 5.91 Å². The van der Waals surface area contributed by atoms with Crippen LogP contribution in [0.1, 0.15) is 62.7 Å². The third-order valence-corrected chi connectivity index (χ3v) is 9.26. The minimum absolute atomic E-state index is 0.00312. The fourth-order valence-electron chi connectivity index (χ4n) is 5.44. The lowest BCUT2D eigenvalue weighted by Crippen LogP contribution is -2.46. The molecule has 3 N–H and O–H groups in total. The maximum absolute atomic E-state index is 13.4. The molecule has 0 aromatic heterocycles. The highest BCUT2D eigenvalue weighted by atomic mass is 32.2. The Morgan fingerprint density at radius 1 is 1.00 bits per heavy atom. The van der Waals surface area contributed by atoms with Crippen molar-refractivity contribution in [1.82, 2.24) is 9.62 Å². The Morgan fingerprint density at radius 2 is 1.63 bits per heavy atom. The maximum Gasteiger partial charge on any atom is 0.254 e. The van der Waals surface area contributed by atoms with Crippen molar-refractivity contribution in [2.24, 2.45) is 11.8 Å². The van der Waals surface area contributed by atoms with Gasteiger partial charge >= 0.3 is 0 Å². The second-order valence-corrected chi connectivity index (χ2v) is 12.7. The van der Waals surface area contributed by atoms with E-state index in [-0.39, 0.29) is 29.2 Å². The van der Waals surface area contributed by atoms with Crippen molar-refractivity contribution in [2.45, 2.75) is 68.8 Å². The summed E-state index contributed by atoms with van der Waals surface area (Å²) in [5.41, 5.74) is -0.282. The van der Waals surface area contributed by atoms with Crippen LogP contribution in [0.2, 0.25) is 0 Å². The molecule has 0 bridgehead atoms. The van der Waals surface area contributed by atoms with Crippen LogP contribution in [0.15, 0.2) is 53.4 Å². The van der Waals surface area contributed by atoms with E-state index in [0.29, 0.717) is 30.1 Å². The number of hydrogen-bond acceptors (Lipinski definition) is 5. The van der Waals surface area contributed by atoms with Gasteiger partial charge in [0.15, 0.2) is 0 Å². The van der Waals surface area contributed by atoms with Crippen LogP contribution in [0, 0.1) is 17.7 Å². The van der Waals surface area contributed by atoms with Crippen LogP contribution >= 0.6 is 0 Å². The Hall–Kier alpha value is -2.82. The van der Waals surface area contributed by atoms with Crippen molar-refractivity contribution in [3.05, 3.63) is 59.9 Å². The summed E-state index contributed by atoms with van der Waals surface area (Å²) in [5, 5.41) is 12.2. The van der Waals surface area contributed by atoms with Gasteiger partial charge in [-0.05, 0) is 80.6 Å². The lowest BCUT2D eigenvalue weighted by molar-refractivity contribution is -0.119. The largest absolute Gasteiger partial charge is 0.394 e. The van der Waals surface area contributed by atoms with Gasteiger partial charge in [0, 0.05) is 17.8 Å². The highest BCUT2D eigenvalue weighted by Gasteiger charge is 2.42. The second kappa shape index (κ2) is 11.5. The first-order valence-corrected chi connectivity index (χ1v) is 14.6. The van der Waals surface area contributed by atoms with E-state index in [2.05, 4.69) is 10.0 Å². The van der Waals surface area contributed by atoms with Crippen molar-refractivity contribution >= 4 is 27.5 Å². The van der Waals surface area contributed by atoms with Crippen LogP contribution in [0.5, 0.6) is 0 Å². The molecule has 2 aromatic carbocycles. The van der Waals surface area contributed by atoms with Gasteiger partial charge in [-0.2, -0.15) is 0 Å². The standard InChI is InChI=1S/C28H36FN3O5S/c1-28(2,18-33)31-38(36,37)24-14-12-23(13-15-24)30-26(34)25-16-21(19-6-4-3-5-7-19)17-32(25)27(35)20-8-10-22(29)11-9-20/h8-15,19,21,25,31,33H,3-7,16-18H2,1-2H3,(H,30,34)/t21-,25+/m1/s1. The first-order valence-electron chi connectivity index (χ1n) is 13.1. The number of rotatable bonds is 8. The Labute approximate surface area is 223 Å². The molecular formula is C28H36FN3O5S. The van der Waals surface area contributed by atoms with E-state index >= 15 is 0 Å². The zero-order chi connectivity index (χ0) is 27.5. The van der Waals surface area contributed by atoms with Crippen molar-refractivity contribution in [3.8, 4) is 0 Å². The molecule has 1 aliphatic carbocycles. The average Bonchev–Trinajstić information content (AvgIpc) is 3.35. The molecule has 0 spiro atoms. The van der Waals surface area contributed by atoms with Crippen LogP contribution in [-0.4, -0.2) is 55.0 Å². The quantitative estimate of drug-likeness (QED) is 0.465. The molecular weight excluding hydrogens is 509 g/mol. The normalized spacial score (nSPS) is 20.9. The second-order valence-electron chi connectivity index (χ2n) is 11.0. The number of likely N-dealkylation sites (tertiary alicyclic amines) is 1. The average molecular weight is 546 g/mol. The first kappa shape index (κ1) is 28.2. The molecule has 38 heavy (non-hydrogen) atoms. The van der Waals surface area contributed by atoms with Gasteiger partial charge < -0.3 is 15.3 Å². The molecule has 2 amide bonds. The number of aliphatic hydroxyl groups excluding tert-OH is 1. The lowest BCUT2D eigenvalue weighted by Gasteiger charge is -2.27. The molecule has 4 rings (SSSR count). The van der Waals surface area contributed by atoms with Gasteiger partial charge in [-0.3, -0.25) is 9.59 Å². The van der Waals surface area contributed by atoms with Gasteiger partial charge in [0.1, 0.15) is 11.9 Å². The number of hydrogen-bond donors (Lipinski definition) is 3.